The van der Waals surface area contributed by atoms with Gasteiger partial charge in [0.2, 0.25) is 0 Å². The van der Waals surface area contributed by atoms with Crippen molar-refractivity contribution < 1.29 is 9.18 Å². The zero-order chi connectivity index (χ0) is 21.3. The topological polar surface area (TPSA) is 46.9 Å². The summed E-state index contributed by atoms with van der Waals surface area (Å²) in [6.45, 7) is 0. The quantitative estimate of drug-likeness (QED) is 0.446. The third-order valence-corrected chi connectivity index (χ3v) is 6.41. The van der Waals surface area contributed by atoms with E-state index in [9.17, 15) is 9.18 Å². The Morgan fingerprint density at radius 1 is 1.10 bits per heavy atom. The number of carbonyl (C=O) groups excluding carboxylic acids is 1. The van der Waals surface area contributed by atoms with E-state index in [0.29, 0.717) is 12.5 Å². The summed E-state index contributed by atoms with van der Waals surface area (Å²) in [6, 6.07) is 17.4. The van der Waals surface area contributed by atoms with E-state index in [1.54, 1.807) is 23.0 Å². The van der Waals surface area contributed by atoms with Gasteiger partial charge < -0.3 is 5.32 Å². The first-order valence-electron chi connectivity index (χ1n) is 10.7. The van der Waals surface area contributed by atoms with Crippen LogP contribution in [0.25, 0.3) is 12.3 Å². The molecule has 4 nitrogen and oxygen atoms in total. The Labute approximate surface area is 181 Å². The van der Waals surface area contributed by atoms with Gasteiger partial charge in [0.25, 0.3) is 0 Å². The summed E-state index contributed by atoms with van der Waals surface area (Å²) in [5.41, 5.74) is 3.47. The minimum Gasteiger partial charge on any atom is -0.365 e. The number of benzene rings is 2. The average molecular weight is 413 g/mol. The fourth-order valence-electron chi connectivity index (χ4n) is 4.54. The van der Waals surface area contributed by atoms with Crippen molar-refractivity contribution in [1.82, 2.24) is 9.78 Å². The summed E-state index contributed by atoms with van der Waals surface area (Å²) < 4.78 is 16.0. The minimum atomic E-state index is -0.531. The molecule has 2 aliphatic carbocycles. The lowest BCUT2D eigenvalue weighted by Gasteiger charge is -2.35. The second-order valence-electron chi connectivity index (χ2n) is 8.26. The fourth-order valence-corrected chi connectivity index (χ4v) is 4.54. The van der Waals surface area contributed by atoms with Gasteiger partial charge in [0.15, 0.2) is 5.82 Å². The molecule has 5 rings (SSSR count). The predicted octanol–water partition coefficient (Wildman–Crippen LogP) is 5.21. The van der Waals surface area contributed by atoms with E-state index in [0.717, 1.165) is 47.3 Å². The van der Waals surface area contributed by atoms with Crippen molar-refractivity contribution in [2.24, 2.45) is 0 Å². The average Bonchev–Trinajstić information content (AvgIpc) is 3.11. The van der Waals surface area contributed by atoms with Crippen molar-refractivity contribution in [3.63, 3.8) is 0 Å². The number of fused-ring (bicyclic) bond motifs is 1. The Kier molecular flexibility index (Phi) is 5.02. The third-order valence-electron chi connectivity index (χ3n) is 6.41. The molecule has 1 atom stereocenters. The molecule has 0 saturated heterocycles. The number of nitrogens with one attached hydrogen (secondary N) is 1. The summed E-state index contributed by atoms with van der Waals surface area (Å²) in [5.74, 6) is 0.584. The molecule has 0 amide bonds. The van der Waals surface area contributed by atoms with Crippen molar-refractivity contribution in [2.75, 3.05) is 5.32 Å². The van der Waals surface area contributed by atoms with Gasteiger partial charge in [-0.05, 0) is 48.6 Å². The standard InChI is InChI=1S/C26H24FN3O/c27-21-10-4-9-20(17-21)26(19-7-2-1-3-8-19)14-13-23-24(18-26)30(15-6-16-31)29-25(23)28-22-11-5-12-22/h1-4,6-10,13-17,22H,5,11-12,18H2,(H,28,29). The van der Waals surface area contributed by atoms with Gasteiger partial charge in [-0.25, -0.2) is 9.07 Å². The van der Waals surface area contributed by atoms with E-state index in [1.807, 2.05) is 24.3 Å². The number of anilines is 1. The highest BCUT2D eigenvalue weighted by Crippen LogP contribution is 2.43. The largest absolute Gasteiger partial charge is 0.365 e. The maximum Gasteiger partial charge on any atom is 0.156 e. The maximum absolute atomic E-state index is 14.2. The SMILES string of the molecule is O=CC=Cn1nc(NC2CCC2)c2c1CC(c1ccccc1)(c1cccc(F)c1)C=C2. The zero-order valence-corrected chi connectivity index (χ0v) is 17.2. The van der Waals surface area contributed by atoms with Gasteiger partial charge in [0, 0.05) is 29.6 Å². The molecule has 1 aromatic heterocycles. The third kappa shape index (κ3) is 3.50. The second-order valence-corrected chi connectivity index (χ2v) is 8.26. The van der Waals surface area contributed by atoms with Gasteiger partial charge >= 0.3 is 0 Å². The zero-order valence-electron chi connectivity index (χ0n) is 17.2. The van der Waals surface area contributed by atoms with Crippen LogP contribution in [0.5, 0.6) is 0 Å². The van der Waals surface area contributed by atoms with Gasteiger partial charge in [-0.15, -0.1) is 0 Å². The Morgan fingerprint density at radius 2 is 1.90 bits per heavy atom. The van der Waals surface area contributed by atoms with Crippen LogP contribution in [0.3, 0.4) is 0 Å². The van der Waals surface area contributed by atoms with E-state index in [4.69, 9.17) is 5.10 Å². The first-order chi connectivity index (χ1) is 15.2. The van der Waals surface area contributed by atoms with Crippen LogP contribution in [0, 0.1) is 5.82 Å². The lowest BCUT2D eigenvalue weighted by atomic mass is 9.68. The van der Waals surface area contributed by atoms with Crippen LogP contribution in [-0.2, 0) is 16.6 Å². The summed E-state index contributed by atoms with van der Waals surface area (Å²) in [5, 5.41) is 8.31. The van der Waals surface area contributed by atoms with Crippen molar-refractivity contribution in [1.29, 1.82) is 0 Å². The summed E-state index contributed by atoms with van der Waals surface area (Å²) in [7, 11) is 0. The van der Waals surface area contributed by atoms with Crippen LogP contribution in [-0.4, -0.2) is 22.1 Å². The molecule has 1 heterocycles. The lowest BCUT2D eigenvalue weighted by molar-refractivity contribution is -0.104. The first kappa shape index (κ1) is 19.5. The Bertz CT molecular complexity index is 1160. The first-order valence-corrected chi connectivity index (χ1v) is 10.7. The van der Waals surface area contributed by atoms with Crippen LogP contribution in [0.1, 0.15) is 41.6 Å². The molecule has 2 aromatic carbocycles. The number of allylic oxidation sites excluding steroid dienone is 2. The Morgan fingerprint density at radius 3 is 2.61 bits per heavy atom. The monoisotopic (exact) mass is 413 g/mol. The maximum atomic E-state index is 14.2. The number of hydrogen-bond acceptors (Lipinski definition) is 3. The molecule has 2 aliphatic rings. The van der Waals surface area contributed by atoms with E-state index < -0.39 is 5.41 Å². The fraction of sp³-hybridized carbons (Fsp3) is 0.231. The second kappa shape index (κ2) is 7.99. The minimum absolute atomic E-state index is 0.256. The van der Waals surface area contributed by atoms with Crippen molar-refractivity contribution in [3.8, 4) is 0 Å². The number of hydrogen-bond donors (Lipinski definition) is 1. The molecular formula is C26H24FN3O. The predicted molar refractivity (Wildman–Crippen MR) is 121 cm³/mol. The van der Waals surface area contributed by atoms with Gasteiger partial charge in [0.05, 0.1) is 5.69 Å². The Balaban J connectivity index is 1.66. The number of aromatic nitrogens is 2. The number of halogens is 1. The van der Waals surface area contributed by atoms with Gasteiger partial charge in [-0.2, -0.15) is 5.10 Å². The molecule has 3 aromatic rings. The van der Waals surface area contributed by atoms with Crippen molar-refractivity contribution in [2.45, 2.75) is 37.1 Å². The molecule has 31 heavy (non-hydrogen) atoms. The number of aldehydes is 1. The van der Waals surface area contributed by atoms with E-state index in [1.165, 1.54) is 18.6 Å². The molecule has 5 heteroatoms. The van der Waals surface area contributed by atoms with Crippen molar-refractivity contribution in [3.05, 3.63) is 95.0 Å². The van der Waals surface area contributed by atoms with Crippen LogP contribution in [0.2, 0.25) is 0 Å². The smallest absolute Gasteiger partial charge is 0.156 e. The number of carbonyl (C=O) groups is 1. The van der Waals surface area contributed by atoms with Crippen LogP contribution in [0.4, 0.5) is 10.2 Å². The lowest BCUT2D eigenvalue weighted by Crippen LogP contribution is -2.31. The molecule has 0 spiro atoms. The summed E-state index contributed by atoms with van der Waals surface area (Å²) in [6.07, 6.45) is 12.3. The molecule has 1 N–H and O–H groups in total. The van der Waals surface area contributed by atoms with E-state index in [-0.39, 0.29) is 5.82 Å². The van der Waals surface area contributed by atoms with E-state index >= 15 is 0 Å². The van der Waals surface area contributed by atoms with Gasteiger partial charge in [0.1, 0.15) is 12.1 Å². The molecule has 156 valence electrons. The normalized spacial score (nSPS) is 20.4. The van der Waals surface area contributed by atoms with Crippen LogP contribution >= 0.6 is 0 Å². The summed E-state index contributed by atoms with van der Waals surface area (Å²) in [4.78, 5) is 11.0. The molecule has 1 fully saturated rings. The number of nitrogens with zero attached hydrogens (tertiary/aromatic N) is 2. The highest BCUT2D eigenvalue weighted by atomic mass is 19.1. The molecule has 1 unspecified atom stereocenters. The molecular weight excluding hydrogens is 389 g/mol. The van der Waals surface area contributed by atoms with Crippen LogP contribution in [0.15, 0.2) is 66.7 Å². The summed E-state index contributed by atoms with van der Waals surface area (Å²) >= 11 is 0. The molecule has 1 saturated carbocycles. The highest BCUT2D eigenvalue weighted by Gasteiger charge is 2.38. The van der Waals surface area contributed by atoms with E-state index in [2.05, 4.69) is 29.6 Å². The molecule has 0 aliphatic heterocycles. The highest BCUT2D eigenvalue weighted by molar-refractivity contribution is 5.74. The molecule has 0 bridgehead atoms. The Hall–Kier alpha value is -3.47. The van der Waals surface area contributed by atoms with Gasteiger partial charge in [-0.1, -0.05) is 54.6 Å². The molecule has 0 radical (unpaired) electrons. The van der Waals surface area contributed by atoms with Crippen molar-refractivity contribution >= 4 is 24.4 Å². The number of rotatable bonds is 6. The van der Waals surface area contributed by atoms with Crippen LogP contribution < -0.4 is 5.32 Å². The van der Waals surface area contributed by atoms with Gasteiger partial charge in [-0.3, -0.25) is 4.79 Å².